The molecular weight excluding hydrogens is 460 g/mol. The van der Waals surface area contributed by atoms with E-state index < -0.39 is 11.7 Å². The molecule has 1 saturated carbocycles. The molecule has 1 N–H and O–H groups in total. The van der Waals surface area contributed by atoms with Crippen molar-refractivity contribution >= 4 is 41.9 Å². The molecule has 1 atom stereocenters. The number of rotatable bonds is 3. The van der Waals surface area contributed by atoms with Gasteiger partial charge < -0.3 is 19.6 Å². The van der Waals surface area contributed by atoms with Crippen molar-refractivity contribution in [3.63, 3.8) is 0 Å². The number of amides is 1. The molecule has 0 radical (unpaired) electrons. The minimum atomic E-state index is -0.565. The van der Waals surface area contributed by atoms with Gasteiger partial charge in [-0.1, -0.05) is 45.4 Å². The van der Waals surface area contributed by atoms with Crippen molar-refractivity contribution in [2.24, 2.45) is 5.92 Å². The monoisotopic (exact) mass is 504 g/mol. The van der Waals surface area contributed by atoms with Crippen molar-refractivity contribution in [2.75, 3.05) is 38.8 Å². The van der Waals surface area contributed by atoms with Gasteiger partial charge in [0.1, 0.15) is 17.9 Å². The van der Waals surface area contributed by atoms with Crippen LogP contribution < -0.4 is 5.32 Å². The number of ether oxygens (including phenoxy) is 2. The molecule has 0 aromatic heterocycles. The summed E-state index contributed by atoms with van der Waals surface area (Å²) in [7, 11) is 3.48. The van der Waals surface area contributed by atoms with Crippen LogP contribution in [0.25, 0.3) is 0 Å². The van der Waals surface area contributed by atoms with E-state index in [1.807, 2.05) is 30.6 Å². The molecule has 3 aliphatic rings. The van der Waals surface area contributed by atoms with Gasteiger partial charge in [0, 0.05) is 18.1 Å². The molecule has 2 aliphatic heterocycles. The van der Waals surface area contributed by atoms with Crippen molar-refractivity contribution in [1.29, 1.82) is 0 Å². The number of likely N-dealkylation sites (N-methyl/N-ethyl adjacent to an activating group) is 1. The molecule has 1 aliphatic carbocycles. The average molecular weight is 505 g/mol. The molecule has 0 aromatic rings. The maximum atomic E-state index is 11.5. The summed E-state index contributed by atoms with van der Waals surface area (Å²) in [5.74, 6) is 3.37. The zero-order valence-corrected chi connectivity index (χ0v) is 22.9. The minimum Gasteiger partial charge on any atom is -0.468 e. The first-order valence-corrected chi connectivity index (χ1v) is 14.0. The SMILES string of the molecule is CC(C)(C)OC(=O)NCC=O.CC1CCCCCC1.COC(=O)[C@@H]1CC2(CN1C)SCCS2. The van der Waals surface area contributed by atoms with E-state index in [2.05, 4.69) is 17.1 Å². The molecule has 2 heterocycles. The second kappa shape index (κ2) is 15.1. The van der Waals surface area contributed by atoms with Crippen molar-refractivity contribution in [2.45, 2.75) is 88.4 Å². The third kappa shape index (κ3) is 12.4. The fraction of sp³-hybridized carbons (Fsp3) is 0.875. The van der Waals surface area contributed by atoms with E-state index >= 15 is 0 Å². The first-order chi connectivity index (χ1) is 15.5. The number of hydrogen-bond acceptors (Lipinski definition) is 8. The largest absolute Gasteiger partial charge is 0.468 e. The van der Waals surface area contributed by atoms with Crippen LogP contribution in [-0.2, 0) is 19.1 Å². The standard InChI is InChI=1S/C9H15NO2S2.C8H16.C7H13NO3/c1-10-6-9(13-3-4-14-9)5-7(10)8(11)12-2;1-8-6-4-2-3-5-7-8;1-7(2,3)11-6(10)8-4-5-9/h7H,3-6H2,1-2H3;8H,2-7H2,1H3;5H,4H2,1-3H3,(H,8,10)/t7-;;/m0../s1. The van der Waals surface area contributed by atoms with Crippen LogP contribution in [0.3, 0.4) is 0 Å². The number of nitrogens with one attached hydrogen (secondary N) is 1. The Kier molecular flexibility index (Phi) is 13.8. The summed E-state index contributed by atoms with van der Waals surface area (Å²) in [6, 6.07) is -0.0295. The summed E-state index contributed by atoms with van der Waals surface area (Å²) in [5.41, 5.74) is -0.507. The smallest absolute Gasteiger partial charge is 0.408 e. The Morgan fingerprint density at radius 3 is 2.18 bits per heavy atom. The lowest BCUT2D eigenvalue weighted by atomic mass is 10.0. The van der Waals surface area contributed by atoms with Crippen LogP contribution in [0.2, 0.25) is 0 Å². The fourth-order valence-corrected chi connectivity index (χ4v) is 7.42. The molecule has 192 valence electrons. The van der Waals surface area contributed by atoms with Gasteiger partial charge in [0.25, 0.3) is 0 Å². The lowest BCUT2D eigenvalue weighted by molar-refractivity contribution is -0.145. The highest BCUT2D eigenvalue weighted by Crippen LogP contribution is 2.51. The van der Waals surface area contributed by atoms with Gasteiger partial charge in [-0.25, -0.2) is 4.79 Å². The summed E-state index contributed by atoms with van der Waals surface area (Å²) < 4.78 is 9.91. The molecule has 0 unspecified atom stereocenters. The molecule has 1 spiro atoms. The highest BCUT2D eigenvalue weighted by atomic mass is 32.2. The second-order valence-corrected chi connectivity index (χ2v) is 13.1. The van der Waals surface area contributed by atoms with E-state index in [4.69, 9.17) is 9.47 Å². The quantitative estimate of drug-likeness (QED) is 0.336. The minimum absolute atomic E-state index is 0.00505. The van der Waals surface area contributed by atoms with Gasteiger partial charge in [-0.2, -0.15) is 0 Å². The molecule has 2 saturated heterocycles. The first kappa shape index (κ1) is 30.1. The molecule has 33 heavy (non-hydrogen) atoms. The lowest BCUT2D eigenvalue weighted by Gasteiger charge is -2.19. The number of alkyl carbamates (subject to hydrolysis) is 1. The average Bonchev–Trinajstić information content (AvgIpc) is 3.24. The maximum Gasteiger partial charge on any atom is 0.408 e. The van der Waals surface area contributed by atoms with Crippen molar-refractivity contribution in [3.8, 4) is 0 Å². The summed E-state index contributed by atoms with van der Waals surface area (Å²) in [6.45, 7) is 8.65. The summed E-state index contributed by atoms with van der Waals surface area (Å²) in [4.78, 5) is 34.1. The van der Waals surface area contributed by atoms with E-state index in [1.165, 1.54) is 57.1 Å². The molecule has 3 rings (SSSR count). The molecule has 1 amide bonds. The second-order valence-electron chi connectivity index (χ2n) is 9.91. The van der Waals surface area contributed by atoms with Crippen LogP contribution in [0.1, 0.15) is 72.6 Å². The Labute approximate surface area is 208 Å². The van der Waals surface area contributed by atoms with Gasteiger partial charge in [-0.15, -0.1) is 23.5 Å². The highest BCUT2D eigenvalue weighted by Gasteiger charge is 2.48. The predicted molar refractivity (Wildman–Crippen MR) is 138 cm³/mol. The Hall–Kier alpha value is -0.930. The molecular formula is C24H44N2O5S2. The third-order valence-corrected chi connectivity index (χ3v) is 9.11. The number of aldehydes is 1. The van der Waals surface area contributed by atoms with E-state index in [1.54, 1.807) is 20.8 Å². The predicted octanol–water partition coefficient (Wildman–Crippen LogP) is 4.73. The summed E-state index contributed by atoms with van der Waals surface area (Å²) in [5, 5.41) is 2.26. The number of thioether (sulfide) groups is 2. The molecule has 3 fully saturated rings. The van der Waals surface area contributed by atoms with Crippen molar-refractivity contribution < 1.29 is 23.9 Å². The van der Waals surface area contributed by atoms with Crippen molar-refractivity contribution in [1.82, 2.24) is 10.2 Å². The number of hydrogen-bond donors (Lipinski definition) is 1. The van der Waals surface area contributed by atoms with Crippen LogP contribution in [0, 0.1) is 5.92 Å². The highest BCUT2D eigenvalue weighted by molar-refractivity contribution is 8.21. The first-order valence-electron chi connectivity index (χ1n) is 12.0. The van der Waals surface area contributed by atoms with Crippen LogP contribution in [0.15, 0.2) is 0 Å². The molecule has 0 aromatic carbocycles. The number of likely N-dealkylation sites (tertiary alicyclic amines) is 1. The van der Waals surface area contributed by atoms with Gasteiger partial charge in [0.15, 0.2) is 0 Å². The zero-order chi connectivity index (χ0) is 24.9. The number of carbonyl (C=O) groups excluding carboxylic acids is 3. The van der Waals surface area contributed by atoms with Gasteiger partial charge in [0.05, 0.1) is 17.7 Å². The van der Waals surface area contributed by atoms with E-state index in [0.717, 1.165) is 18.9 Å². The van der Waals surface area contributed by atoms with Crippen LogP contribution in [0.5, 0.6) is 0 Å². The Morgan fingerprint density at radius 1 is 1.12 bits per heavy atom. The van der Waals surface area contributed by atoms with Crippen LogP contribution in [-0.4, -0.2) is 77.7 Å². The van der Waals surface area contributed by atoms with E-state index in [9.17, 15) is 14.4 Å². The van der Waals surface area contributed by atoms with E-state index in [0.29, 0.717) is 6.29 Å². The van der Waals surface area contributed by atoms with Crippen LogP contribution >= 0.6 is 23.5 Å². The molecule has 0 bridgehead atoms. The Balaban J connectivity index is 0.000000258. The third-order valence-electron chi connectivity index (χ3n) is 5.69. The van der Waals surface area contributed by atoms with Gasteiger partial charge >= 0.3 is 12.1 Å². The Morgan fingerprint density at radius 2 is 1.70 bits per heavy atom. The van der Waals surface area contributed by atoms with Gasteiger partial charge in [-0.05, 0) is 40.2 Å². The Bertz CT molecular complexity index is 598. The van der Waals surface area contributed by atoms with Gasteiger partial charge in [-0.3, -0.25) is 9.69 Å². The normalized spacial score (nSPS) is 22.8. The number of carbonyl (C=O) groups is 3. The molecule has 7 nitrogen and oxygen atoms in total. The fourth-order valence-electron chi connectivity index (χ4n) is 4.03. The number of methoxy groups -OCH3 is 1. The lowest BCUT2D eigenvalue weighted by Crippen LogP contribution is -2.33. The molecule has 9 heteroatoms. The topological polar surface area (TPSA) is 84.9 Å². The van der Waals surface area contributed by atoms with Crippen molar-refractivity contribution in [3.05, 3.63) is 0 Å². The summed E-state index contributed by atoms with van der Waals surface area (Å²) >= 11 is 4.00. The number of esters is 1. The van der Waals surface area contributed by atoms with E-state index in [-0.39, 0.29) is 22.6 Å². The summed E-state index contributed by atoms with van der Waals surface area (Å²) in [6.07, 6.45) is 9.90. The number of nitrogens with zero attached hydrogens (tertiary/aromatic N) is 1. The van der Waals surface area contributed by atoms with Crippen LogP contribution in [0.4, 0.5) is 4.79 Å². The zero-order valence-electron chi connectivity index (χ0n) is 21.3. The maximum absolute atomic E-state index is 11.5. The van der Waals surface area contributed by atoms with Gasteiger partial charge in [0.2, 0.25) is 0 Å².